The lowest BCUT2D eigenvalue weighted by Crippen LogP contribution is -2.30. The van der Waals surface area contributed by atoms with Gasteiger partial charge in [-0.15, -0.1) is 5.10 Å². The molecule has 0 saturated heterocycles. The molecule has 3 aromatic rings. The number of aryl methyl sites for hydroxylation is 3. The van der Waals surface area contributed by atoms with E-state index in [0.717, 1.165) is 66.8 Å². The van der Waals surface area contributed by atoms with Gasteiger partial charge in [0.15, 0.2) is 0 Å². The maximum atomic E-state index is 13.5. The molecule has 5 rings (SSSR count). The summed E-state index contributed by atoms with van der Waals surface area (Å²) < 4.78 is 81.3. The molecule has 2 aliphatic rings. The molecule has 13 heteroatoms. The second-order valence-electron chi connectivity index (χ2n) is 10.7. The minimum Gasteiger partial charge on any atom is -0.329 e. The zero-order valence-corrected chi connectivity index (χ0v) is 22.5. The third-order valence-electron chi connectivity index (χ3n) is 7.35. The number of hydrogen-bond acceptors (Lipinski definition) is 6. The Hall–Kier alpha value is -3.22. The van der Waals surface area contributed by atoms with Crippen LogP contribution in [0, 0.1) is 6.92 Å². The van der Waals surface area contributed by atoms with Gasteiger partial charge in [0.05, 0.1) is 23.9 Å². The second kappa shape index (κ2) is 10.6. The SMILES string of the molecule is CCc1nc(CN(C2CC2)C2CC2)c(CN(Cc2cc(C(F)(F)F)cc(C(F)(F)F)c2)c2nnn(C)n2)cc1C. The molecule has 0 radical (unpaired) electrons. The summed E-state index contributed by atoms with van der Waals surface area (Å²) in [5.74, 6) is 0.0953. The van der Waals surface area contributed by atoms with Gasteiger partial charge in [-0.2, -0.15) is 31.1 Å². The van der Waals surface area contributed by atoms with Crippen molar-refractivity contribution in [2.24, 2.45) is 7.05 Å². The lowest BCUT2D eigenvalue weighted by Gasteiger charge is -2.26. The van der Waals surface area contributed by atoms with Crippen molar-refractivity contribution >= 4 is 5.95 Å². The van der Waals surface area contributed by atoms with Crippen LogP contribution in [0.15, 0.2) is 24.3 Å². The fraction of sp³-hybridized carbons (Fsp3) is 0.556. The summed E-state index contributed by atoms with van der Waals surface area (Å²) in [6.07, 6.45) is -4.56. The molecule has 2 saturated carbocycles. The molecule has 2 aliphatic carbocycles. The molecule has 40 heavy (non-hydrogen) atoms. The van der Waals surface area contributed by atoms with Crippen molar-refractivity contribution in [3.63, 3.8) is 0 Å². The van der Waals surface area contributed by atoms with E-state index in [1.807, 2.05) is 19.9 Å². The number of alkyl halides is 6. The molecule has 0 atom stereocenters. The van der Waals surface area contributed by atoms with Crippen LogP contribution in [0.4, 0.5) is 32.3 Å². The van der Waals surface area contributed by atoms with E-state index in [-0.39, 0.29) is 30.7 Å². The molecular formula is C27H31F6N7. The number of pyridine rings is 1. The van der Waals surface area contributed by atoms with Crippen LogP contribution in [-0.4, -0.2) is 42.2 Å². The van der Waals surface area contributed by atoms with Crippen LogP contribution in [0.2, 0.25) is 0 Å². The minimum atomic E-state index is -4.94. The lowest BCUT2D eigenvalue weighted by molar-refractivity contribution is -0.143. The van der Waals surface area contributed by atoms with Gasteiger partial charge in [0.25, 0.3) is 5.95 Å². The predicted molar refractivity (Wildman–Crippen MR) is 135 cm³/mol. The van der Waals surface area contributed by atoms with Gasteiger partial charge in [-0.25, -0.2) is 0 Å². The second-order valence-corrected chi connectivity index (χ2v) is 10.7. The first-order chi connectivity index (χ1) is 18.8. The normalized spacial score (nSPS) is 16.1. The van der Waals surface area contributed by atoms with E-state index in [4.69, 9.17) is 4.98 Å². The molecule has 1 aromatic carbocycles. The van der Waals surface area contributed by atoms with Crippen LogP contribution in [0.5, 0.6) is 0 Å². The van der Waals surface area contributed by atoms with Gasteiger partial charge in [-0.3, -0.25) is 9.88 Å². The van der Waals surface area contributed by atoms with Crippen LogP contribution in [0.25, 0.3) is 0 Å². The zero-order chi connectivity index (χ0) is 28.8. The number of rotatable bonds is 10. The first-order valence-corrected chi connectivity index (χ1v) is 13.3. The molecule has 0 N–H and O–H groups in total. The summed E-state index contributed by atoms with van der Waals surface area (Å²) in [5, 5.41) is 12.1. The summed E-state index contributed by atoms with van der Waals surface area (Å²) in [4.78, 5) is 10.2. The van der Waals surface area contributed by atoms with Crippen LogP contribution in [0.3, 0.4) is 0 Å². The first kappa shape index (κ1) is 28.3. The monoisotopic (exact) mass is 567 g/mol. The molecule has 2 aromatic heterocycles. The summed E-state index contributed by atoms with van der Waals surface area (Å²) in [6, 6.07) is 4.68. The quantitative estimate of drug-likeness (QED) is 0.287. The van der Waals surface area contributed by atoms with Crippen molar-refractivity contribution in [3.8, 4) is 0 Å². The van der Waals surface area contributed by atoms with Crippen molar-refractivity contribution in [1.82, 2.24) is 30.1 Å². The van der Waals surface area contributed by atoms with Crippen LogP contribution >= 0.6 is 0 Å². The van der Waals surface area contributed by atoms with E-state index in [0.29, 0.717) is 18.6 Å². The average molecular weight is 568 g/mol. The molecule has 2 fully saturated rings. The molecule has 0 amide bonds. The third-order valence-corrected chi connectivity index (χ3v) is 7.35. The molecular weight excluding hydrogens is 536 g/mol. The van der Waals surface area contributed by atoms with Crippen LogP contribution < -0.4 is 4.90 Å². The fourth-order valence-electron chi connectivity index (χ4n) is 5.06. The Kier molecular flexibility index (Phi) is 7.53. The van der Waals surface area contributed by atoms with Gasteiger partial charge in [0, 0.05) is 37.4 Å². The third kappa shape index (κ3) is 6.56. The smallest absolute Gasteiger partial charge is 0.329 e. The van der Waals surface area contributed by atoms with Crippen LogP contribution in [0.1, 0.15) is 71.8 Å². The Morgan fingerprint density at radius 3 is 1.93 bits per heavy atom. The minimum absolute atomic E-state index is 0.0953. The highest BCUT2D eigenvalue weighted by molar-refractivity contribution is 5.40. The molecule has 0 aliphatic heterocycles. The van der Waals surface area contributed by atoms with E-state index < -0.39 is 23.5 Å². The maximum absolute atomic E-state index is 13.5. The van der Waals surface area contributed by atoms with Crippen molar-refractivity contribution in [3.05, 3.63) is 63.5 Å². The van der Waals surface area contributed by atoms with E-state index in [1.165, 1.54) is 11.8 Å². The van der Waals surface area contributed by atoms with Crippen LogP contribution in [-0.2, 0) is 45.5 Å². The Bertz CT molecular complexity index is 1310. The highest BCUT2D eigenvalue weighted by atomic mass is 19.4. The van der Waals surface area contributed by atoms with Crippen molar-refractivity contribution in [2.45, 2.75) is 90.0 Å². The standard InChI is InChI=1S/C27H31F6N7/c1-4-23-16(2)9-18(24(34-23)15-40(21-5-6-21)22-7-8-22)14-39(25-35-37-38(3)36-25)13-17-10-19(26(28,29)30)12-20(11-17)27(31,32)33/h9-12,21-22H,4-8,13-15H2,1-3H3. The Morgan fingerprint density at radius 2 is 1.45 bits per heavy atom. The fourth-order valence-corrected chi connectivity index (χ4v) is 5.06. The molecule has 7 nitrogen and oxygen atoms in total. The Morgan fingerprint density at radius 1 is 0.850 bits per heavy atom. The largest absolute Gasteiger partial charge is 0.416 e. The average Bonchev–Trinajstić information content (AvgIpc) is 3.81. The maximum Gasteiger partial charge on any atom is 0.416 e. The zero-order valence-electron chi connectivity index (χ0n) is 22.5. The number of hydrogen-bond donors (Lipinski definition) is 0. The van der Waals surface area contributed by atoms with Gasteiger partial charge >= 0.3 is 12.4 Å². The van der Waals surface area contributed by atoms with Crippen molar-refractivity contribution in [2.75, 3.05) is 4.90 Å². The van der Waals surface area contributed by atoms with E-state index in [9.17, 15) is 26.3 Å². The molecule has 0 bridgehead atoms. The number of aromatic nitrogens is 5. The number of halogens is 6. The Balaban J connectivity index is 1.52. The molecule has 0 unspecified atom stereocenters. The highest BCUT2D eigenvalue weighted by Crippen LogP contribution is 2.39. The van der Waals surface area contributed by atoms with Gasteiger partial charge < -0.3 is 4.90 Å². The number of benzene rings is 1. The first-order valence-electron chi connectivity index (χ1n) is 13.3. The number of anilines is 1. The predicted octanol–water partition coefficient (Wildman–Crippen LogP) is 5.85. The van der Waals surface area contributed by atoms with E-state index >= 15 is 0 Å². The summed E-state index contributed by atoms with van der Waals surface area (Å²) in [5.41, 5.74) is 0.729. The van der Waals surface area contributed by atoms with Gasteiger partial charge in [-0.05, 0) is 79.1 Å². The molecule has 216 valence electrons. The van der Waals surface area contributed by atoms with Crippen molar-refractivity contribution in [1.29, 1.82) is 0 Å². The van der Waals surface area contributed by atoms with Gasteiger partial charge in [0.2, 0.25) is 0 Å². The summed E-state index contributed by atoms with van der Waals surface area (Å²) in [7, 11) is 1.54. The van der Waals surface area contributed by atoms with Gasteiger partial charge in [0.1, 0.15) is 0 Å². The molecule has 2 heterocycles. The number of nitrogens with zero attached hydrogens (tertiary/aromatic N) is 7. The van der Waals surface area contributed by atoms with Crippen molar-refractivity contribution < 1.29 is 26.3 Å². The molecule has 0 spiro atoms. The van der Waals surface area contributed by atoms with E-state index in [1.54, 1.807) is 4.90 Å². The highest BCUT2D eigenvalue weighted by Gasteiger charge is 2.40. The summed E-state index contributed by atoms with van der Waals surface area (Å²) in [6.45, 7) is 4.47. The lowest BCUT2D eigenvalue weighted by atomic mass is 10.0. The topological polar surface area (TPSA) is 63.0 Å². The van der Waals surface area contributed by atoms with E-state index in [2.05, 4.69) is 20.3 Å². The Labute approximate surface area is 228 Å². The number of tetrazole rings is 1. The van der Waals surface area contributed by atoms with Gasteiger partial charge in [-0.1, -0.05) is 18.1 Å². The summed E-state index contributed by atoms with van der Waals surface area (Å²) >= 11 is 0.